The van der Waals surface area contributed by atoms with Crippen molar-refractivity contribution in [3.05, 3.63) is 41.3 Å². The lowest BCUT2D eigenvalue weighted by atomic mass is 10.0. The minimum Gasteiger partial charge on any atom is -0.338 e. The van der Waals surface area contributed by atoms with Gasteiger partial charge in [-0.2, -0.15) is 5.10 Å². The first kappa shape index (κ1) is 17.5. The number of piperidine rings is 1. The highest BCUT2D eigenvalue weighted by Crippen LogP contribution is 2.20. The SMILES string of the molecule is Cc1cc(C)n(-c2ccc(C(=O)N3CCC(N4CCNC4=O)CC3)cn2)n1. The third-order valence-corrected chi connectivity index (χ3v) is 5.30. The van der Waals surface area contributed by atoms with Crippen LogP contribution in [0.5, 0.6) is 0 Å². The Kier molecular flexibility index (Phi) is 4.55. The van der Waals surface area contributed by atoms with Gasteiger partial charge in [-0.1, -0.05) is 0 Å². The fraction of sp³-hybridized carbons (Fsp3) is 0.474. The van der Waals surface area contributed by atoms with E-state index in [0.29, 0.717) is 31.0 Å². The van der Waals surface area contributed by atoms with Crippen LogP contribution in [0, 0.1) is 13.8 Å². The molecule has 0 saturated carbocycles. The number of aromatic nitrogens is 3. The summed E-state index contributed by atoms with van der Waals surface area (Å²) in [5.41, 5.74) is 2.52. The minimum absolute atomic E-state index is 0.00765. The number of carbonyl (C=O) groups is 2. The molecule has 0 atom stereocenters. The Morgan fingerprint density at radius 1 is 1.19 bits per heavy atom. The van der Waals surface area contributed by atoms with Gasteiger partial charge in [0.2, 0.25) is 0 Å². The van der Waals surface area contributed by atoms with E-state index in [1.165, 1.54) is 0 Å². The van der Waals surface area contributed by atoms with Crippen molar-refractivity contribution in [3.8, 4) is 5.82 Å². The number of amides is 3. The number of carbonyl (C=O) groups excluding carboxylic acids is 2. The highest BCUT2D eigenvalue weighted by atomic mass is 16.2. The topological polar surface area (TPSA) is 83.4 Å². The number of hydrogen-bond acceptors (Lipinski definition) is 4. The summed E-state index contributed by atoms with van der Waals surface area (Å²) in [7, 11) is 0. The molecule has 0 aliphatic carbocycles. The van der Waals surface area contributed by atoms with Crippen LogP contribution in [0.4, 0.5) is 4.79 Å². The molecule has 2 aromatic rings. The van der Waals surface area contributed by atoms with Gasteiger partial charge < -0.3 is 15.1 Å². The van der Waals surface area contributed by atoms with E-state index in [4.69, 9.17) is 0 Å². The van der Waals surface area contributed by atoms with Gasteiger partial charge in [-0.05, 0) is 44.9 Å². The normalized spacial score (nSPS) is 18.1. The van der Waals surface area contributed by atoms with Crippen LogP contribution in [0.2, 0.25) is 0 Å². The monoisotopic (exact) mass is 368 g/mol. The smallest absolute Gasteiger partial charge is 0.317 e. The van der Waals surface area contributed by atoms with Gasteiger partial charge in [-0.15, -0.1) is 0 Å². The van der Waals surface area contributed by atoms with Crippen molar-refractivity contribution in [1.29, 1.82) is 0 Å². The molecule has 0 bridgehead atoms. The third-order valence-electron chi connectivity index (χ3n) is 5.30. The molecule has 2 aromatic heterocycles. The molecule has 0 unspecified atom stereocenters. The highest BCUT2D eigenvalue weighted by molar-refractivity contribution is 5.94. The predicted octanol–water partition coefficient (Wildman–Crippen LogP) is 1.51. The molecule has 0 spiro atoms. The van der Waals surface area contributed by atoms with Gasteiger partial charge in [0.25, 0.3) is 5.91 Å². The number of urea groups is 1. The van der Waals surface area contributed by atoms with Crippen LogP contribution in [0.15, 0.2) is 24.4 Å². The van der Waals surface area contributed by atoms with Gasteiger partial charge in [-0.3, -0.25) is 4.79 Å². The van der Waals surface area contributed by atoms with Crippen LogP contribution in [0.3, 0.4) is 0 Å². The lowest BCUT2D eigenvalue weighted by Crippen LogP contribution is -2.47. The summed E-state index contributed by atoms with van der Waals surface area (Å²) < 4.78 is 1.77. The first-order valence-electron chi connectivity index (χ1n) is 9.36. The summed E-state index contributed by atoms with van der Waals surface area (Å²) >= 11 is 0. The summed E-state index contributed by atoms with van der Waals surface area (Å²) in [6, 6.07) is 5.87. The number of rotatable bonds is 3. The second kappa shape index (κ2) is 7.02. The third kappa shape index (κ3) is 3.39. The van der Waals surface area contributed by atoms with E-state index in [0.717, 1.165) is 30.8 Å². The Hall–Kier alpha value is -2.90. The van der Waals surface area contributed by atoms with Crippen LogP contribution < -0.4 is 5.32 Å². The second-order valence-electron chi connectivity index (χ2n) is 7.19. The van der Waals surface area contributed by atoms with Crippen molar-refractivity contribution in [2.75, 3.05) is 26.2 Å². The quantitative estimate of drug-likeness (QED) is 0.890. The van der Waals surface area contributed by atoms with Crippen molar-refractivity contribution in [2.45, 2.75) is 32.7 Å². The van der Waals surface area contributed by atoms with Gasteiger partial charge in [-0.25, -0.2) is 14.5 Å². The largest absolute Gasteiger partial charge is 0.338 e. The van der Waals surface area contributed by atoms with Gasteiger partial charge in [0.05, 0.1) is 11.3 Å². The molecule has 2 saturated heterocycles. The first-order chi connectivity index (χ1) is 13.0. The predicted molar refractivity (Wildman–Crippen MR) is 99.9 cm³/mol. The van der Waals surface area contributed by atoms with Crippen LogP contribution in [0.1, 0.15) is 34.6 Å². The van der Waals surface area contributed by atoms with Gasteiger partial charge in [0, 0.05) is 44.1 Å². The Balaban J connectivity index is 1.40. The molecule has 8 nitrogen and oxygen atoms in total. The zero-order valence-electron chi connectivity index (χ0n) is 15.7. The van der Waals surface area contributed by atoms with Crippen molar-refractivity contribution >= 4 is 11.9 Å². The molecule has 4 rings (SSSR count). The van der Waals surface area contributed by atoms with Crippen LogP contribution >= 0.6 is 0 Å². The molecule has 2 aliphatic rings. The molecular weight excluding hydrogens is 344 g/mol. The molecule has 0 aromatic carbocycles. The average Bonchev–Trinajstić information content (AvgIpc) is 3.26. The van der Waals surface area contributed by atoms with Crippen molar-refractivity contribution in [2.24, 2.45) is 0 Å². The average molecular weight is 368 g/mol. The van der Waals surface area contributed by atoms with E-state index in [1.807, 2.05) is 35.8 Å². The van der Waals surface area contributed by atoms with Crippen LogP contribution in [0.25, 0.3) is 5.82 Å². The summed E-state index contributed by atoms with van der Waals surface area (Å²) in [6.45, 7) is 6.71. The van der Waals surface area contributed by atoms with Crippen molar-refractivity contribution in [3.63, 3.8) is 0 Å². The van der Waals surface area contributed by atoms with E-state index in [2.05, 4.69) is 15.4 Å². The number of aryl methyl sites for hydroxylation is 2. The Bertz CT molecular complexity index is 852. The van der Waals surface area contributed by atoms with Gasteiger partial charge in [0.1, 0.15) is 0 Å². The lowest BCUT2D eigenvalue weighted by molar-refractivity contribution is 0.0665. The number of pyridine rings is 1. The number of likely N-dealkylation sites (tertiary alicyclic amines) is 1. The highest BCUT2D eigenvalue weighted by Gasteiger charge is 2.32. The van der Waals surface area contributed by atoms with E-state index in [-0.39, 0.29) is 18.0 Å². The van der Waals surface area contributed by atoms with Gasteiger partial charge >= 0.3 is 6.03 Å². The van der Waals surface area contributed by atoms with E-state index < -0.39 is 0 Å². The molecular formula is C19H24N6O2. The van der Waals surface area contributed by atoms with E-state index >= 15 is 0 Å². The standard InChI is InChI=1S/C19H24N6O2/c1-13-11-14(2)25(22-13)17-4-3-15(12-21-17)18(26)23-8-5-16(6-9-23)24-10-7-20-19(24)27/h3-4,11-12,16H,5-10H2,1-2H3,(H,20,27). The number of hydrogen-bond donors (Lipinski definition) is 1. The van der Waals surface area contributed by atoms with Crippen LogP contribution in [-0.2, 0) is 0 Å². The zero-order chi connectivity index (χ0) is 19.0. The summed E-state index contributed by atoms with van der Waals surface area (Å²) in [4.78, 5) is 32.8. The van der Waals surface area contributed by atoms with E-state index in [1.54, 1.807) is 16.9 Å². The molecule has 8 heteroatoms. The molecule has 2 aliphatic heterocycles. The fourth-order valence-corrected chi connectivity index (χ4v) is 3.90. The van der Waals surface area contributed by atoms with Crippen molar-refractivity contribution in [1.82, 2.24) is 29.9 Å². The molecule has 3 amide bonds. The summed E-state index contributed by atoms with van der Waals surface area (Å²) in [5.74, 6) is 0.697. The maximum absolute atomic E-state index is 12.8. The Labute approximate surface area is 158 Å². The maximum Gasteiger partial charge on any atom is 0.317 e. The molecule has 4 heterocycles. The number of nitrogens with zero attached hydrogens (tertiary/aromatic N) is 5. The molecule has 1 N–H and O–H groups in total. The van der Waals surface area contributed by atoms with Crippen LogP contribution in [-0.4, -0.2) is 68.7 Å². The molecule has 2 fully saturated rings. The second-order valence-corrected chi connectivity index (χ2v) is 7.19. The summed E-state index contributed by atoms with van der Waals surface area (Å²) in [6.07, 6.45) is 3.25. The summed E-state index contributed by atoms with van der Waals surface area (Å²) in [5, 5.41) is 7.26. The number of nitrogens with one attached hydrogen (secondary N) is 1. The minimum atomic E-state index is -0.00765. The van der Waals surface area contributed by atoms with E-state index in [9.17, 15) is 9.59 Å². The van der Waals surface area contributed by atoms with Gasteiger partial charge in [0.15, 0.2) is 5.82 Å². The molecule has 27 heavy (non-hydrogen) atoms. The van der Waals surface area contributed by atoms with Crippen molar-refractivity contribution < 1.29 is 9.59 Å². The first-order valence-corrected chi connectivity index (χ1v) is 9.36. The Morgan fingerprint density at radius 2 is 1.96 bits per heavy atom. The lowest BCUT2D eigenvalue weighted by Gasteiger charge is -2.36. The fourth-order valence-electron chi connectivity index (χ4n) is 3.90. The Morgan fingerprint density at radius 3 is 2.52 bits per heavy atom. The molecule has 142 valence electrons. The molecule has 0 radical (unpaired) electrons. The maximum atomic E-state index is 12.8. The zero-order valence-corrected chi connectivity index (χ0v) is 15.7.